The molecule has 1 fully saturated rings. The number of quaternary nitrogens is 2. The van der Waals surface area contributed by atoms with Crippen molar-refractivity contribution in [3.63, 3.8) is 0 Å². The molecule has 18 heteroatoms. The van der Waals surface area contributed by atoms with Gasteiger partial charge in [0.15, 0.2) is 40.7 Å². The molecule has 256 valence electrons. The van der Waals surface area contributed by atoms with Crippen LogP contribution in [0.2, 0.25) is 0 Å². The summed E-state index contributed by atoms with van der Waals surface area (Å²) in [5, 5.41) is 36.8. The first-order chi connectivity index (χ1) is 22.3. The third-order valence-corrected chi connectivity index (χ3v) is 6.85. The van der Waals surface area contributed by atoms with E-state index in [4.69, 9.17) is 58.6 Å². The maximum Gasteiger partial charge on any atom is 0.351 e. The maximum absolute atomic E-state index is 11.6. The Balaban J connectivity index is 0.000000546. The van der Waals surface area contributed by atoms with Crippen molar-refractivity contribution in [2.75, 3.05) is 74.3 Å². The second-order valence-electron chi connectivity index (χ2n) is 9.87. The van der Waals surface area contributed by atoms with E-state index in [0.29, 0.717) is 29.7 Å². The number of carboxylic acids is 4. The van der Waals surface area contributed by atoms with Crippen molar-refractivity contribution in [1.29, 1.82) is 0 Å². The molecular weight excluding hydrogens is 626 g/mol. The zero-order chi connectivity index (χ0) is 35.1. The van der Waals surface area contributed by atoms with Gasteiger partial charge in [0, 0.05) is 18.7 Å². The number of hydrogen-bond donors (Lipinski definition) is 5. The summed E-state index contributed by atoms with van der Waals surface area (Å²) in [5.41, 5.74) is 4.53. The number of nitrogens with one attached hydrogen (secondary N) is 3. The number of likely N-dealkylation sites (N-methyl/N-ethyl adjacent to an activating group) is 1. The molecule has 0 saturated carbocycles. The van der Waals surface area contributed by atoms with Gasteiger partial charge in [-0.25, -0.2) is 15.0 Å². The summed E-state index contributed by atoms with van der Waals surface area (Å²) in [6, 6.07) is 12.0. The van der Waals surface area contributed by atoms with Crippen molar-refractivity contribution < 1.29 is 73.1 Å². The van der Waals surface area contributed by atoms with E-state index in [-0.39, 0.29) is 12.5 Å². The van der Waals surface area contributed by atoms with Gasteiger partial charge < -0.3 is 58.8 Å². The molecule has 1 saturated heterocycles. The Morgan fingerprint density at radius 3 is 1.87 bits per heavy atom. The summed E-state index contributed by atoms with van der Waals surface area (Å²) >= 11 is 0. The van der Waals surface area contributed by atoms with E-state index in [1.165, 1.54) is 15.5 Å². The van der Waals surface area contributed by atoms with Crippen LogP contribution in [0.15, 0.2) is 41.5 Å². The lowest BCUT2D eigenvalue weighted by Crippen LogP contribution is -3.26. The number of rotatable bonds is 9. The van der Waals surface area contributed by atoms with Crippen LogP contribution >= 0.6 is 0 Å². The monoisotopic (exact) mass is 663 g/mol. The van der Waals surface area contributed by atoms with Crippen molar-refractivity contribution in [2.24, 2.45) is 5.10 Å². The topological polar surface area (TPSA) is 245 Å². The van der Waals surface area contributed by atoms with Crippen LogP contribution in [0.1, 0.15) is 5.56 Å². The third-order valence-electron chi connectivity index (χ3n) is 6.85. The van der Waals surface area contributed by atoms with Gasteiger partial charge in [-0.05, 0) is 18.2 Å². The highest BCUT2D eigenvalue weighted by Gasteiger charge is 2.27. The van der Waals surface area contributed by atoms with Gasteiger partial charge in [-0.15, -0.1) is 0 Å². The van der Waals surface area contributed by atoms with Gasteiger partial charge >= 0.3 is 11.9 Å². The van der Waals surface area contributed by atoms with Crippen LogP contribution in [-0.2, 0) is 24.0 Å². The highest BCUT2D eigenvalue weighted by Crippen LogP contribution is 2.39. The number of aliphatic carboxylic acids is 4. The maximum atomic E-state index is 11.6. The summed E-state index contributed by atoms with van der Waals surface area (Å²) in [6.07, 6.45) is 0. The number of hydrazone groups is 1. The second kappa shape index (κ2) is 18.4. The molecule has 0 aromatic heterocycles. The van der Waals surface area contributed by atoms with Gasteiger partial charge in [0.1, 0.15) is 39.3 Å². The Morgan fingerprint density at radius 1 is 0.894 bits per heavy atom. The van der Waals surface area contributed by atoms with Gasteiger partial charge in [-0.2, -0.15) is 5.10 Å². The number of benzene rings is 2. The van der Waals surface area contributed by atoms with Gasteiger partial charge in [-0.3, -0.25) is 9.69 Å². The van der Waals surface area contributed by atoms with E-state index < -0.39 is 23.9 Å². The molecule has 18 nitrogen and oxygen atoms in total. The van der Waals surface area contributed by atoms with Crippen molar-refractivity contribution in [1.82, 2.24) is 10.3 Å². The summed E-state index contributed by atoms with van der Waals surface area (Å²) < 4.78 is 22.9. The minimum atomic E-state index is -2.07. The number of piperazine rings is 1. The van der Waals surface area contributed by atoms with Crippen molar-refractivity contribution in [3.8, 4) is 23.0 Å². The van der Waals surface area contributed by atoms with Crippen LogP contribution in [0.5, 0.6) is 23.0 Å². The molecule has 0 spiro atoms. The highest BCUT2D eigenvalue weighted by molar-refractivity contribution is 6.26. The first-order valence-corrected chi connectivity index (χ1v) is 14.0. The van der Waals surface area contributed by atoms with Crippen molar-refractivity contribution >= 4 is 41.3 Å². The lowest BCUT2D eigenvalue weighted by Gasteiger charge is -2.30. The number of nitrogens with zero attached hydrogens (tertiary/aromatic N) is 2. The lowest BCUT2D eigenvalue weighted by atomic mass is 10.1. The molecular formula is C29H37N5O13. The third kappa shape index (κ3) is 11.4. The van der Waals surface area contributed by atoms with Crippen LogP contribution in [0.4, 0.5) is 5.69 Å². The Kier molecular flexibility index (Phi) is 14.7. The zero-order valence-electron chi connectivity index (χ0n) is 26.2. The molecule has 0 radical (unpaired) electrons. The molecule has 5 N–H and O–H groups in total. The Morgan fingerprint density at radius 2 is 1.40 bits per heavy atom. The minimum Gasteiger partial charge on any atom is -0.539 e. The summed E-state index contributed by atoms with van der Waals surface area (Å²) in [4.78, 5) is 52.4. The van der Waals surface area contributed by atoms with Crippen LogP contribution in [-0.4, -0.2) is 125 Å². The number of para-hydroxylation sites is 2. The SMILES string of the molecule is COc1ccccc1[NH+]1CC[NH+](CCOc2c(OC)cc(C3=NNC(=O)CN3C)cc2OC)CC1.O=C([O-])C(=O)O.O=C([O-])C(=O)O. The number of amidine groups is 1. The number of carboxylic acid groups (broad SMARTS) is 4. The fraction of sp³-hybridized carbons (Fsp3) is 0.379. The van der Waals surface area contributed by atoms with E-state index in [2.05, 4.69) is 22.7 Å². The van der Waals surface area contributed by atoms with Crippen molar-refractivity contribution in [2.45, 2.75) is 0 Å². The van der Waals surface area contributed by atoms with E-state index in [1.54, 1.807) is 26.2 Å². The number of ether oxygens (including phenoxy) is 4. The molecule has 0 aliphatic carbocycles. The largest absolute Gasteiger partial charge is 0.539 e. The lowest BCUT2D eigenvalue weighted by molar-refractivity contribution is -0.986. The molecule has 4 rings (SSSR count). The van der Waals surface area contributed by atoms with Gasteiger partial charge in [-0.1, -0.05) is 12.1 Å². The number of carbonyl (C=O) groups excluding carboxylic acids is 3. The number of amides is 1. The number of carbonyl (C=O) groups is 5. The van der Waals surface area contributed by atoms with E-state index >= 15 is 0 Å². The molecule has 0 unspecified atom stereocenters. The Hall–Kier alpha value is -5.62. The van der Waals surface area contributed by atoms with E-state index in [9.17, 15) is 4.79 Å². The van der Waals surface area contributed by atoms with Crippen LogP contribution in [0.3, 0.4) is 0 Å². The van der Waals surface area contributed by atoms with Crippen LogP contribution < -0.4 is 44.4 Å². The Bertz CT molecular complexity index is 1380. The van der Waals surface area contributed by atoms with E-state index in [1.807, 2.05) is 31.3 Å². The van der Waals surface area contributed by atoms with Crippen molar-refractivity contribution in [3.05, 3.63) is 42.0 Å². The molecule has 2 aromatic carbocycles. The molecule has 0 atom stereocenters. The normalized spacial score (nSPS) is 16.8. The van der Waals surface area contributed by atoms with Gasteiger partial charge in [0.05, 0.1) is 27.9 Å². The fourth-order valence-electron chi connectivity index (χ4n) is 4.62. The smallest absolute Gasteiger partial charge is 0.351 e. The van der Waals surface area contributed by atoms with Crippen LogP contribution in [0, 0.1) is 0 Å². The molecule has 2 heterocycles. The second-order valence-corrected chi connectivity index (χ2v) is 9.87. The first-order valence-electron chi connectivity index (χ1n) is 14.0. The average molecular weight is 664 g/mol. The number of methoxy groups -OCH3 is 3. The fourth-order valence-corrected chi connectivity index (χ4v) is 4.62. The average Bonchev–Trinajstić information content (AvgIpc) is 3.05. The molecule has 2 aromatic rings. The number of hydrogen-bond acceptors (Lipinski definition) is 13. The molecule has 0 bridgehead atoms. The first kappa shape index (κ1) is 37.6. The molecule has 1 amide bonds. The van der Waals surface area contributed by atoms with Crippen LogP contribution in [0.25, 0.3) is 0 Å². The minimum absolute atomic E-state index is 0.150. The molecule has 47 heavy (non-hydrogen) atoms. The predicted octanol–water partition coefficient (Wildman–Crippen LogP) is -5.43. The van der Waals surface area contributed by atoms with Gasteiger partial charge in [0.25, 0.3) is 5.91 Å². The summed E-state index contributed by atoms with van der Waals surface area (Å²) in [6.45, 7) is 5.86. The quantitative estimate of drug-likeness (QED) is 0.157. The van der Waals surface area contributed by atoms with E-state index in [0.717, 1.165) is 44.0 Å². The highest BCUT2D eigenvalue weighted by atomic mass is 16.5. The predicted molar refractivity (Wildman–Crippen MR) is 157 cm³/mol. The standard InChI is InChI=1S/C25H33N5O5.2C2H2O4/c1-28-17-23(31)26-27-25(28)18-15-21(33-3)24(22(16-18)34-4)35-14-13-29-9-11-30(12-10-29)19-7-5-6-8-20(19)32-2;2*3-1(4)2(5)6/h5-8,15-16H,9-14,17H2,1-4H3,(H,26,31);2*(H,3,4)(H,5,6). The summed E-state index contributed by atoms with van der Waals surface area (Å²) in [7, 11) is 6.75. The molecule has 2 aliphatic rings. The van der Waals surface area contributed by atoms with Gasteiger partial charge in [0.2, 0.25) is 5.75 Å². The Labute approximate surface area is 269 Å². The zero-order valence-corrected chi connectivity index (χ0v) is 26.2. The summed E-state index contributed by atoms with van der Waals surface area (Å²) in [5.74, 6) is -4.89. The molecule has 2 aliphatic heterocycles.